The molecule has 0 aliphatic heterocycles. The van der Waals surface area contributed by atoms with Crippen molar-refractivity contribution >= 4 is 23.3 Å². The van der Waals surface area contributed by atoms with Crippen LogP contribution in [-0.2, 0) is 16.1 Å². The molecule has 1 N–H and O–H groups in total. The van der Waals surface area contributed by atoms with Crippen molar-refractivity contribution in [1.29, 1.82) is 0 Å². The highest BCUT2D eigenvalue weighted by Gasteiger charge is 2.07. The van der Waals surface area contributed by atoms with Crippen LogP contribution in [0.1, 0.15) is 74.8 Å². The molecule has 1 atom stereocenters. The van der Waals surface area contributed by atoms with Gasteiger partial charge >= 0.3 is 0 Å². The molecule has 1 aromatic carbocycles. The molecule has 0 radical (unpaired) electrons. The number of ketones is 2. The predicted molar refractivity (Wildman–Crippen MR) is 116 cm³/mol. The first kappa shape index (κ1) is 31.6. The standard InChI is InChI=1S/C12H17NOS.C3H6O.C3H8.C2H6.CH4/c1-9(10(2)14)13-8-11-6-4-5-7-12(11)15-3;1-3(2)4;1-3-2;1-2;/h4-7,9,13H,8H2,1-3H3;1-2H3;3H2,1-2H3;1-2H3;1H4. The lowest BCUT2D eigenvalue weighted by molar-refractivity contribution is -0.118. The van der Waals surface area contributed by atoms with Gasteiger partial charge in [0.25, 0.3) is 0 Å². The molecule has 0 fully saturated rings. The number of benzene rings is 1. The Morgan fingerprint density at radius 3 is 1.84 bits per heavy atom. The Balaban J connectivity index is -0.000000187. The van der Waals surface area contributed by atoms with Gasteiger partial charge in [0.2, 0.25) is 0 Å². The fraction of sp³-hybridized carbons (Fsp3) is 0.619. The van der Waals surface area contributed by atoms with Crippen LogP contribution in [0.25, 0.3) is 0 Å². The molecule has 4 heteroatoms. The summed E-state index contributed by atoms with van der Waals surface area (Å²) in [6.07, 6.45) is 3.31. The van der Waals surface area contributed by atoms with E-state index in [1.165, 1.54) is 30.7 Å². The normalized spacial score (nSPS) is 9.48. The maximum absolute atomic E-state index is 11.1. The van der Waals surface area contributed by atoms with Gasteiger partial charge in [-0.2, -0.15) is 0 Å². The third kappa shape index (κ3) is 22.9. The zero-order chi connectivity index (χ0) is 19.5. The molecular formula is C21H41NO2S. The lowest BCUT2D eigenvalue weighted by Crippen LogP contribution is -2.31. The minimum atomic E-state index is -0.0695. The Morgan fingerprint density at radius 2 is 1.48 bits per heavy atom. The van der Waals surface area contributed by atoms with Crippen LogP contribution < -0.4 is 5.32 Å². The van der Waals surface area contributed by atoms with E-state index in [-0.39, 0.29) is 25.0 Å². The molecule has 1 rings (SSSR count). The molecule has 3 nitrogen and oxygen atoms in total. The second kappa shape index (κ2) is 22.9. The summed E-state index contributed by atoms with van der Waals surface area (Å²) in [6, 6.07) is 8.17. The molecule has 0 heterocycles. The molecule has 0 amide bonds. The molecular weight excluding hydrogens is 330 g/mol. The van der Waals surface area contributed by atoms with Gasteiger partial charge in [0, 0.05) is 11.4 Å². The van der Waals surface area contributed by atoms with E-state index in [1.54, 1.807) is 18.7 Å². The molecule has 0 saturated heterocycles. The highest BCUT2D eigenvalue weighted by molar-refractivity contribution is 7.98. The highest BCUT2D eigenvalue weighted by atomic mass is 32.2. The Labute approximate surface area is 161 Å². The van der Waals surface area contributed by atoms with Gasteiger partial charge in [-0.15, -0.1) is 11.8 Å². The third-order valence-corrected chi connectivity index (χ3v) is 3.24. The predicted octanol–water partition coefficient (Wildman–Crippen LogP) is 6.15. The van der Waals surface area contributed by atoms with Gasteiger partial charge in [0.1, 0.15) is 11.6 Å². The quantitative estimate of drug-likeness (QED) is 0.631. The second-order valence-electron chi connectivity index (χ2n) is 5.14. The first-order valence-corrected chi connectivity index (χ1v) is 9.85. The summed E-state index contributed by atoms with van der Waals surface area (Å²) in [6.45, 7) is 15.6. The zero-order valence-corrected chi connectivity index (χ0v) is 17.8. The van der Waals surface area contributed by atoms with E-state index in [1.807, 2.05) is 32.9 Å². The first-order chi connectivity index (χ1) is 11.3. The van der Waals surface area contributed by atoms with E-state index in [0.29, 0.717) is 0 Å². The average molecular weight is 372 g/mol. The molecule has 25 heavy (non-hydrogen) atoms. The summed E-state index contributed by atoms with van der Waals surface area (Å²) < 4.78 is 0. The number of carbonyl (C=O) groups excluding carboxylic acids is 2. The van der Waals surface area contributed by atoms with Crippen molar-refractivity contribution in [3.8, 4) is 0 Å². The maximum Gasteiger partial charge on any atom is 0.146 e. The van der Waals surface area contributed by atoms with Gasteiger partial charge in [-0.3, -0.25) is 4.79 Å². The summed E-state index contributed by atoms with van der Waals surface area (Å²) in [5.41, 5.74) is 1.25. The molecule has 0 aliphatic rings. The number of thioether (sulfide) groups is 1. The van der Waals surface area contributed by atoms with Crippen molar-refractivity contribution in [2.24, 2.45) is 0 Å². The van der Waals surface area contributed by atoms with Crippen LogP contribution in [0.15, 0.2) is 29.2 Å². The lowest BCUT2D eigenvalue weighted by Gasteiger charge is -2.12. The van der Waals surface area contributed by atoms with Crippen molar-refractivity contribution < 1.29 is 9.59 Å². The summed E-state index contributed by atoms with van der Waals surface area (Å²) in [7, 11) is 0. The Bertz CT molecular complexity index is 430. The average Bonchev–Trinajstić information content (AvgIpc) is 2.54. The number of nitrogens with one attached hydrogen (secondary N) is 1. The number of hydrogen-bond donors (Lipinski definition) is 1. The Morgan fingerprint density at radius 1 is 1.08 bits per heavy atom. The minimum absolute atomic E-state index is 0. The number of carbonyl (C=O) groups is 2. The molecule has 0 aromatic heterocycles. The Hall–Kier alpha value is -1.13. The fourth-order valence-corrected chi connectivity index (χ4v) is 1.87. The van der Waals surface area contributed by atoms with E-state index >= 15 is 0 Å². The highest BCUT2D eigenvalue weighted by Crippen LogP contribution is 2.19. The van der Waals surface area contributed by atoms with Crippen LogP contribution >= 0.6 is 11.8 Å². The SMILES string of the molecule is C.CC.CC(C)=O.CCC.CSc1ccccc1CNC(C)C(C)=O. The molecule has 0 saturated carbocycles. The van der Waals surface area contributed by atoms with Gasteiger partial charge < -0.3 is 10.1 Å². The van der Waals surface area contributed by atoms with Crippen molar-refractivity contribution in [2.45, 2.75) is 86.7 Å². The molecule has 0 spiro atoms. The molecule has 1 aromatic rings. The van der Waals surface area contributed by atoms with Gasteiger partial charge in [-0.25, -0.2) is 0 Å². The van der Waals surface area contributed by atoms with E-state index in [9.17, 15) is 9.59 Å². The van der Waals surface area contributed by atoms with Crippen LogP contribution in [0.3, 0.4) is 0 Å². The largest absolute Gasteiger partial charge is 0.304 e. The van der Waals surface area contributed by atoms with Crippen LogP contribution in [-0.4, -0.2) is 23.9 Å². The van der Waals surface area contributed by atoms with Crippen molar-refractivity contribution in [3.63, 3.8) is 0 Å². The number of hydrogen-bond acceptors (Lipinski definition) is 4. The zero-order valence-electron chi connectivity index (χ0n) is 17.0. The topological polar surface area (TPSA) is 46.2 Å². The summed E-state index contributed by atoms with van der Waals surface area (Å²) in [4.78, 5) is 21.8. The third-order valence-electron chi connectivity index (χ3n) is 2.40. The van der Waals surface area contributed by atoms with Gasteiger partial charge in [-0.05, 0) is 45.6 Å². The summed E-state index contributed by atoms with van der Waals surface area (Å²) >= 11 is 1.73. The van der Waals surface area contributed by atoms with Crippen LogP contribution in [0.4, 0.5) is 0 Å². The van der Waals surface area contributed by atoms with Crippen molar-refractivity contribution in [3.05, 3.63) is 29.8 Å². The van der Waals surface area contributed by atoms with E-state index in [2.05, 4.69) is 37.6 Å². The lowest BCUT2D eigenvalue weighted by atomic mass is 10.2. The second-order valence-corrected chi connectivity index (χ2v) is 5.99. The first-order valence-electron chi connectivity index (χ1n) is 8.62. The van der Waals surface area contributed by atoms with Crippen molar-refractivity contribution in [2.75, 3.05) is 6.26 Å². The van der Waals surface area contributed by atoms with Crippen LogP contribution in [0.2, 0.25) is 0 Å². The summed E-state index contributed by atoms with van der Waals surface area (Å²) in [5, 5.41) is 3.21. The van der Waals surface area contributed by atoms with Gasteiger partial charge in [0.15, 0.2) is 0 Å². The van der Waals surface area contributed by atoms with E-state index in [0.717, 1.165) is 6.54 Å². The van der Waals surface area contributed by atoms with E-state index < -0.39 is 0 Å². The van der Waals surface area contributed by atoms with Crippen LogP contribution in [0.5, 0.6) is 0 Å². The smallest absolute Gasteiger partial charge is 0.146 e. The molecule has 148 valence electrons. The Kier molecular flexibility index (Phi) is 28.9. The molecule has 1 unspecified atom stereocenters. The van der Waals surface area contributed by atoms with Gasteiger partial charge in [-0.1, -0.05) is 59.7 Å². The summed E-state index contributed by atoms with van der Waals surface area (Å²) in [5.74, 6) is 0.344. The van der Waals surface area contributed by atoms with E-state index in [4.69, 9.17) is 0 Å². The minimum Gasteiger partial charge on any atom is -0.304 e. The monoisotopic (exact) mass is 371 g/mol. The maximum atomic E-state index is 11.1. The number of Topliss-reactive ketones (excluding diaryl/α,β-unsaturated/α-hetero) is 2. The number of rotatable bonds is 5. The van der Waals surface area contributed by atoms with Crippen LogP contribution in [0, 0.1) is 0 Å². The molecule has 0 aliphatic carbocycles. The van der Waals surface area contributed by atoms with Crippen molar-refractivity contribution in [1.82, 2.24) is 5.32 Å². The fourth-order valence-electron chi connectivity index (χ4n) is 1.26. The van der Waals surface area contributed by atoms with Gasteiger partial charge in [0.05, 0.1) is 6.04 Å². The molecule has 0 bridgehead atoms.